The van der Waals surface area contributed by atoms with Gasteiger partial charge in [0.2, 0.25) is 0 Å². The highest BCUT2D eigenvalue weighted by Gasteiger charge is 2.25. The van der Waals surface area contributed by atoms with Crippen LogP contribution in [0, 0.1) is 11.6 Å². The van der Waals surface area contributed by atoms with Crippen LogP contribution >= 0.6 is 0 Å². The molecule has 0 aliphatic rings. The van der Waals surface area contributed by atoms with E-state index in [1.54, 1.807) is 7.11 Å². The SMILES string of the molecule is COC(C)(C)COC(C)(C)CCn1nc2cc(F)c(F)cc2n1. The molecule has 7 heteroatoms. The average Bonchev–Trinajstić information content (AvgIpc) is 2.86. The van der Waals surface area contributed by atoms with Crippen LogP contribution in [-0.4, -0.2) is 39.9 Å². The van der Waals surface area contributed by atoms with Crippen LogP contribution in [0.25, 0.3) is 11.0 Å². The van der Waals surface area contributed by atoms with Crippen LogP contribution in [0.2, 0.25) is 0 Å². The number of rotatable bonds is 7. The molecule has 1 aromatic heterocycles. The van der Waals surface area contributed by atoms with Gasteiger partial charge in [0, 0.05) is 19.2 Å². The zero-order valence-electron chi connectivity index (χ0n) is 14.2. The zero-order chi connectivity index (χ0) is 17.3. The molecular formula is C16H23F2N3O2. The first kappa shape index (κ1) is 17.7. The van der Waals surface area contributed by atoms with Crippen molar-refractivity contribution in [2.45, 2.75) is 51.9 Å². The maximum absolute atomic E-state index is 13.2. The first-order chi connectivity index (χ1) is 10.6. The predicted octanol–water partition coefficient (Wildman–Crippen LogP) is 3.32. The number of fused-ring (bicyclic) bond motifs is 1. The molecule has 23 heavy (non-hydrogen) atoms. The monoisotopic (exact) mass is 327 g/mol. The number of nitrogens with zero attached hydrogens (tertiary/aromatic N) is 3. The van der Waals surface area contributed by atoms with Gasteiger partial charge >= 0.3 is 0 Å². The Hall–Kier alpha value is -1.60. The molecule has 0 aliphatic carbocycles. The Morgan fingerprint density at radius 2 is 1.52 bits per heavy atom. The highest BCUT2D eigenvalue weighted by Crippen LogP contribution is 2.20. The smallest absolute Gasteiger partial charge is 0.161 e. The molecule has 0 atom stereocenters. The molecule has 0 N–H and O–H groups in total. The Morgan fingerprint density at radius 1 is 1.00 bits per heavy atom. The summed E-state index contributed by atoms with van der Waals surface area (Å²) in [5.41, 5.74) is -0.0804. The molecule has 0 saturated carbocycles. The van der Waals surface area contributed by atoms with E-state index >= 15 is 0 Å². The number of hydrogen-bond acceptors (Lipinski definition) is 4. The number of methoxy groups -OCH3 is 1. The summed E-state index contributed by atoms with van der Waals surface area (Å²) in [6.45, 7) is 8.80. The summed E-state index contributed by atoms with van der Waals surface area (Å²) in [4.78, 5) is 1.44. The topological polar surface area (TPSA) is 49.2 Å². The van der Waals surface area contributed by atoms with Crippen LogP contribution in [0.1, 0.15) is 34.1 Å². The Kier molecular flexibility index (Phi) is 5.01. The van der Waals surface area contributed by atoms with Gasteiger partial charge < -0.3 is 9.47 Å². The molecule has 0 bridgehead atoms. The molecule has 1 heterocycles. The molecule has 128 valence electrons. The van der Waals surface area contributed by atoms with E-state index in [9.17, 15) is 8.78 Å². The van der Waals surface area contributed by atoms with E-state index < -0.39 is 17.2 Å². The lowest BCUT2D eigenvalue weighted by Gasteiger charge is -2.31. The number of benzene rings is 1. The zero-order valence-corrected chi connectivity index (χ0v) is 14.2. The van der Waals surface area contributed by atoms with E-state index in [0.717, 1.165) is 12.1 Å². The van der Waals surface area contributed by atoms with Crippen molar-refractivity contribution in [3.63, 3.8) is 0 Å². The molecule has 5 nitrogen and oxygen atoms in total. The van der Waals surface area contributed by atoms with E-state index in [-0.39, 0.29) is 5.60 Å². The molecule has 2 rings (SSSR count). The fourth-order valence-corrected chi connectivity index (χ4v) is 1.93. The largest absolute Gasteiger partial charge is 0.376 e. The molecule has 0 unspecified atom stereocenters. The van der Waals surface area contributed by atoms with Crippen molar-refractivity contribution in [1.29, 1.82) is 0 Å². The van der Waals surface area contributed by atoms with Gasteiger partial charge in [0.1, 0.15) is 11.0 Å². The summed E-state index contributed by atoms with van der Waals surface area (Å²) < 4.78 is 37.6. The summed E-state index contributed by atoms with van der Waals surface area (Å²) in [5.74, 6) is -1.84. The number of halogens is 2. The third kappa shape index (κ3) is 4.68. The predicted molar refractivity (Wildman–Crippen MR) is 83.2 cm³/mol. The van der Waals surface area contributed by atoms with Gasteiger partial charge in [-0.25, -0.2) is 8.78 Å². The van der Waals surface area contributed by atoms with Crippen molar-refractivity contribution in [3.8, 4) is 0 Å². The van der Waals surface area contributed by atoms with Gasteiger partial charge in [-0.1, -0.05) is 0 Å². The fourth-order valence-electron chi connectivity index (χ4n) is 1.93. The van der Waals surface area contributed by atoms with Gasteiger partial charge in [-0.15, -0.1) is 0 Å². The van der Waals surface area contributed by atoms with Crippen molar-refractivity contribution in [1.82, 2.24) is 15.0 Å². The lowest BCUT2D eigenvalue weighted by atomic mass is 10.0. The van der Waals surface area contributed by atoms with Crippen molar-refractivity contribution in [2.75, 3.05) is 13.7 Å². The van der Waals surface area contributed by atoms with E-state index in [1.807, 2.05) is 27.7 Å². The maximum atomic E-state index is 13.2. The minimum absolute atomic E-state index is 0.336. The van der Waals surface area contributed by atoms with Gasteiger partial charge in [-0.2, -0.15) is 15.0 Å². The molecule has 0 radical (unpaired) electrons. The third-order valence-corrected chi connectivity index (χ3v) is 3.74. The Bertz CT molecular complexity index is 644. The van der Waals surface area contributed by atoms with Crippen molar-refractivity contribution >= 4 is 11.0 Å². The molecule has 0 fully saturated rings. The number of aryl methyl sites for hydroxylation is 1. The number of ether oxygens (including phenoxy) is 2. The lowest BCUT2D eigenvalue weighted by molar-refractivity contribution is -0.110. The summed E-state index contributed by atoms with van der Waals surface area (Å²) >= 11 is 0. The van der Waals surface area contributed by atoms with Gasteiger partial charge in [0.05, 0.1) is 24.4 Å². The third-order valence-electron chi connectivity index (χ3n) is 3.74. The normalized spacial score (nSPS) is 13.0. The summed E-state index contributed by atoms with van der Waals surface area (Å²) in [6, 6.07) is 2.10. The molecule has 2 aromatic rings. The molecule has 1 aromatic carbocycles. The van der Waals surface area contributed by atoms with Gasteiger partial charge in [-0.05, 0) is 34.1 Å². The van der Waals surface area contributed by atoms with Crippen molar-refractivity contribution < 1.29 is 18.3 Å². The second kappa shape index (κ2) is 6.49. The number of aromatic nitrogens is 3. The van der Waals surface area contributed by atoms with E-state index in [4.69, 9.17) is 9.47 Å². The van der Waals surface area contributed by atoms with Crippen LogP contribution in [-0.2, 0) is 16.0 Å². The van der Waals surface area contributed by atoms with E-state index in [2.05, 4.69) is 10.2 Å². The molecular weight excluding hydrogens is 304 g/mol. The Balaban J connectivity index is 1.99. The second-order valence-corrected chi connectivity index (χ2v) is 6.81. The molecule has 0 amide bonds. The second-order valence-electron chi connectivity index (χ2n) is 6.81. The van der Waals surface area contributed by atoms with Crippen LogP contribution in [0.15, 0.2) is 12.1 Å². The summed E-state index contributed by atoms with van der Waals surface area (Å²) in [6.07, 6.45) is 0.652. The van der Waals surface area contributed by atoms with E-state index in [1.165, 1.54) is 4.80 Å². The fraction of sp³-hybridized carbons (Fsp3) is 0.625. The quantitative estimate of drug-likeness (QED) is 0.783. The van der Waals surface area contributed by atoms with Crippen LogP contribution in [0.3, 0.4) is 0 Å². The average molecular weight is 327 g/mol. The highest BCUT2D eigenvalue weighted by atomic mass is 19.2. The van der Waals surface area contributed by atoms with Crippen molar-refractivity contribution in [2.24, 2.45) is 0 Å². The molecule has 0 spiro atoms. The first-order valence-electron chi connectivity index (χ1n) is 7.51. The van der Waals surface area contributed by atoms with Gasteiger partial charge in [-0.3, -0.25) is 0 Å². The lowest BCUT2D eigenvalue weighted by Crippen LogP contribution is -2.36. The Labute approximate surface area is 134 Å². The van der Waals surface area contributed by atoms with Crippen LogP contribution in [0.5, 0.6) is 0 Å². The minimum Gasteiger partial charge on any atom is -0.376 e. The van der Waals surface area contributed by atoms with Crippen molar-refractivity contribution in [3.05, 3.63) is 23.8 Å². The molecule has 0 aliphatic heterocycles. The van der Waals surface area contributed by atoms with Gasteiger partial charge in [0.25, 0.3) is 0 Å². The van der Waals surface area contributed by atoms with Gasteiger partial charge in [0.15, 0.2) is 11.6 Å². The Morgan fingerprint density at radius 3 is 2.00 bits per heavy atom. The summed E-state index contributed by atoms with van der Waals surface area (Å²) in [5, 5.41) is 8.32. The van der Waals surface area contributed by atoms with E-state index in [0.29, 0.717) is 30.6 Å². The highest BCUT2D eigenvalue weighted by molar-refractivity contribution is 5.73. The number of hydrogen-bond donors (Lipinski definition) is 0. The maximum Gasteiger partial charge on any atom is 0.161 e. The molecule has 0 saturated heterocycles. The minimum atomic E-state index is -0.921. The van der Waals surface area contributed by atoms with Crippen LogP contribution < -0.4 is 0 Å². The first-order valence-corrected chi connectivity index (χ1v) is 7.51. The van der Waals surface area contributed by atoms with Crippen LogP contribution in [0.4, 0.5) is 8.78 Å². The standard InChI is InChI=1S/C16H23F2N3O2/c1-15(2,23-10-16(3,4)22-5)6-7-21-19-13-8-11(17)12(18)9-14(13)20-21/h8-9H,6-7,10H2,1-5H3. The summed E-state index contributed by atoms with van der Waals surface area (Å²) in [7, 11) is 1.65.